The molecule has 17 heavy (non-hydrogen) atoms. The molecule has 0 aliphatic heterocycles. The Morgan fingerprint density at radius 2 is 1.65 bits per heavy atom. The number of aromatic amines is 1. The minimum absolute atomic E-state index is 0.104. The Labute approximate surface area is 104 Å². The van der Waals surface area contributed by atoms with Crippen molar-refractivity contribution in [2.24, 2.45) is 7.05 Å². The fourth-order valence-electron chi connectivity index (χ4n) is 1.07. The molecular formula is C13H25N3O. The third-order valence-electron chi connectivity index (χ3n) is 1.71. The van der Waals surface area contributed by atoms with Crippen LogP contribution in [-0.4, -0.2) is 14.5 Å². The number of rotatable bonds is 0. The van der Waals surface area contributed by atoms with Gasteiger partial charge in [-0.2, -0.15) is 0 Å². The van der Waals surface area contributed by atoms with E-state index in [0.717, 1.165) is 11.0 Å². The van der Waals surface area contributed by atoms with Crippen molar-refractivity contribution in [3.05, 3.63) is 28.9 Å². The van der Waals surface area contributed by atoms with Crippen LogP contribution in [0.2, 0.25) is 0 Å². The van der Waals surface area contributed by atoms with Crippen molar-refractivity contribution < 1.29 is 0 Å². The number of hydrogen-bond acceptors (Lipinski definition) is 2. The summed E-state index contributed by atoms with van der Waals surface area (Å²) in [5, 5.41) is 0. The molecule has 2 aromatic heterocycles. The van der Waals surface area contributed by atoms with Crippen LogP contribution in [0.1, 0.15) is 41.5 Å². The van der Waals surface area contributed by atoms with Gasteiger partial charge in [0.05, 0.1) is 17.2 Å². The lowest BCUT2D eigenvalue weighted by molar-refractivity contribution is 0.890. The molecule has 0 bridgehead atoms. The van der Waals surface area contributed by atoms with E-state index < -0.39 is 0 Å². The fourth-order valence-corrected chi connectivity index (χ4v) is 1.07. The molecule has 0 spiro atoms. The molecule has 0 fully saturated rings. The second-order valence-corrected chi connectivity index (χ2v) is 2.38. The summed E-state index contributed by atoms with van der Waals surface area (Å²) in [6.45, 7) is 12.0. The summed E-state index contributed by atoms with van der Waals surface area (Å²) in [7, 11) is 1.71. The van der Waals surface area contributed by atoms with E-state index in [2.05, 4.69) is 9.97 Å². The van der Waals surface area contributed by atoms with Gasteiger partial charge in [0.2, 0.25) is 0 Å². The first-order valence-electron chi connectivity index (χ1n) is 6.28. The van der Waals surface area contributed by atoms with Gasteiger partial charge in [0.15, 0.2) is 0 Å². The van der Waals surface area contributed by atoms with E-state index in [-0.39, 0.29) is 5.69 Å². The van der Waals surface area contributed by atoms with Crippen LogP contribution >= 0.6 is 0 Å². The standard InChI is InChI=1S/C7H7N3O.3C2H6/c1-10-6-4-8-3-2-5(6)9-7(10)11;3*1-2/h2-4H,1H3,(H,9,11);3*1-2H3. The Hall–Kier alpha value is -1.58. The maximum atomic E-state index is 11.0. The van der Waals surface area contributed by atoms with Crippen LogP contribution in [0.4, 0.5) is 0 Å². The zero-order valence-corrected chi connectivity index (χ0v) is 12.0. The lowest BCUT2D eigenvalue weighted by Crippen LogP contribution is -2.11. The van der Waals surface area contributed by atoms with Crippen LogP contribution in [0, 0.1) is 0 Å². The molecule has 0 unspecified atom stereocenters. The van der Waals surface area contributed by atoms with Crippen molar-refractivity contribution in [1.82, 2.24) is 14.5 Å². The maximum absolute atomic E-state index is 11.0. The summed E-state index contributed by atoms with van der Waals surface area (Å²) >= 11 is 0. The van der Waals surface area contributed by atoms with E-state index in [1.165, 1.54) is 4.57 Å². The third-order valence-corrected chi connectivity index (χ3v) is 1.71. The molecule has 98 valence electrons. The van der Waals surface area contributed by atoms with E-state index in [1.54, 1.807) is 25.5 Å². The summed E-state index contributed by atoms with van der Waals surface area (Å²) in [5.41, 5.74) is 1.55. The average molecular weight is 239 g/mol. The topological polar surface area (TPSA) is 50.7 Å². The molecule has 2 aromatic rings. The normalized spacial score (nSPS) is 7.94. The van der Waals surface area contributed by atoms with E-state index in [1.807, 2.05) is 41.5 Å². The van der Waals surface area contributed by atoms with Gasteiger partial charge in [0.25, 0.3) is 0 Å². The summed E-state index contributed by atoms with van der Waals surface area (Å²) in [5.74, 6) is 0. The molecular weight excluding hydrogens is 214 g/mol. The SMILES string of the molecule is CC.CC.CC.Cn1c(=O)[nH]c2ccncc21. The highest BCUT2D eigenvalue weighted by molar-refractivity contribution is 5.73. The minimum Gasteiger partial charge on any atom is -0.305 e. The Kier molecular flexibility index (Phi) is 11.4. The zero-order valence-electron chi connectivity index (χ0n) is 12.0. The van der Waals surface area contributed by atoms with Crippen molar-refractivity contribution in [3.63, 3.8) is 0 Å². The van der Waals surface area contributed by atoms with Crippen LogP contribution in [0.15, 0.2) is 23.3 Å². The van der Waals surface area contributed by atoms with E-state index in [9.17, 15) is 4.79 Å². The van der Waals surface area contributed by atoms with Crippen molar-refractivity contribution in [2.75, 3.05) is 0 Å². The van der Waals surface area contributed by atoms with Crippen molar-refractivity contribution in [1.29, 1.82) is 0 Å². The predicted molar refractivity (Wildman–Crippen MR) is 75.4 cm³/mol. The summed E-state index contributed by atoms with van der Waals surface area (Å²) < 4.78 is 1.53. The lowest BCUT2D eigenvalue weighted by Gasteiger charge is -1.88. The smallest absolute Gasteiger partial charge is 0.305 e. The lowest BCUT2D eigenvalue weighted by atomic mass is 10.4. The molecule has 0 aliphatic rings. The summed E-state index contributed by atoms with van der Waals surface area (Å²) in [6.07, 6.45) is 3.31. The second-order valence-electron chi connectivity index (χ2n) is 2.38. The number of nitrogens with one attached hydrogen (secondary N) is 1. The Bertz CT molecular complexity index is 443. The first-order valence-corrected chi connectivity index (χ1v) is 6.28. The maximum Gasteiger partial charge on any atom is 0.326 e. The number of H-pyrrole nitrogens is 1. The number of aromatic nitrogens is 3. The molecule has 4 nitrogen and oxygen atoms in total. The summed E-state index contributed by atoms with van der Waals surface area (Å²) in [4.78, 5) is 17.6. The van der Waals surface area contributed by atoms with Crippen LogP contribution in [-0.2, 0) is 7.05 Å². The van der Waals surface area contributed by atoms with Gasteiger partial charge in [0.1, 0.15) is 0 Å². The third kappa shape index (κ3) is 4.85. The van der Waals surface area contributed by atoms with E-state index in [4.69, 9.17) is 0 Å². The molecule has 0 amide bonds. The Morgan fingerprint density at radius 3 is 2.12 bits per heavy atom. The Balaban J connectivity index is 0. The molecule has 2 heterocycles. The quantitative estimate of drug-likeness (QED) is 0.766. The summed E-state index contributed by atoms with van der Waals surface area (Å²) in [6, 6.07) is 1.77. The van der Waals surface area contributed by atoms with Crippen molar-refractivity contribution >= 4 is 11.0 Å². The van der Waals surface area contributed by atoms with E-state index in [0.29, 0.717) is 0 Å². The Morgan fingerprint density at radius 1 is 1.12 bits per heavy atom. The molecule has 0 aliphatic carbocycles. The van der Waals surface area contributed by atoms with Gasteiger partial charge in [-0.3, -0.25) is 9.55 Å². The molecule has 4 heteroatoms. The largest absolute Gasteiger partial charge is 0.326 e. The molecule has 0 radical (unpaired) electrons. The highest BCUT2D eigenvalue weighted by atomic mass is 16.1. The highest BCUT2D eigenvalue weighted by Crippen LogP contribution is 2.03. The number of pyridine rings is 1. The second kappa shape index (κ2) is 10.9. The van der Waals surface area contributed by atoms with Crippen LogP contribution in [0.3, 0.4) is 0 Å². The number of fused-ring (bicyclic) bond motifs is 1. The van der Waals surface area contributed by atoms with Crippen LogP contribution in [0.25, 0.3) is 11.0 Å². The highest BCUT2D eigenvalue weighted by Gasteiger charge is 1.99. The first-order chi connectivity index (χ1) is 8.29. The number of hydrogen-bond donors (Lipinski definition) is 1. The average Bonchev–Trinajstić information content (AvgIpc) is 2.73. The van der Waals surface area contributed by atoms with Gasteiger partial charge in [-0.15, -0.1) is 0 Å². The van der Waals surface area contributed by atoms with Gasteiger partial charge < -0.3 is 4.98 Å². The predicted octanol–water partition coefficient (Wildman–Crippen LogP) is 3.34. The molecule has 0 atom stereocenters. The van der Waals surface area contributed by atoms with Crippen molar-refractivity contribution in [2.45, 2.75) is 41.5 Å². The van der Waals surface area contributed by atoms with Gasteiger partial charge in [0, 0.05) is 13.2 Å². The molecule has 0 aromatic carbocycles. The van der Waals surface area contributed by atoms with Gasteiger partial charge in [-0.1, -0.05) is 41.5 Å². The van der Waals surface area contributed by atoms with Gasteiger partial charge >= 0.3 is 5.69 Å². The molecule has 2 rings (SSSR count). The van der Waals surface area contributed by atoms with Crippen LogP contribution < -0.4 is 5.69 Å². The molecule has 0 saturated carbocycles. The number of imidazole rings is 1. The van der Waals surface area contributed by atoms with Gasteiger partial charge in [-0.05, 0) is 6.07 Å². The number of aryl methyl sites for hydroxylation is 1. The monoisotopic (exact) mass is 239 g/mol. The minimum atomic E-state index is -0.104. The molecule has 1 N–H and O–H groups in total. The fraction of sp³-hybridized carbons (Fsp3) is 0.538. The first kappa shape index (κ1) is 17.8. The molecule has 0 saturated heterocycles. The van der Waals surface area contributed by atoms with Gasteiger partial charge in [-0.25, -0.2) is 4.79 Å². The number of nitrogens with zero attached hydrogens (tertiary/aromatic N) is 2. The zero-order chi connectivity index (χ0) is 13.8. The van der Waals surface area contributed by atoms with E-state index >= 15 is 0 Å². The van der Waals surface area contributed by atoms with Crippen LogP contribution in [0.5, 0.6) is 0 Å². The van der Waals surface area contributed by atoms with Crippen molar-refractivity contribution in [3.8, 4) is 0 Å².